The molecular weight excluding hydrogens is 494 g/mol. The van der Waals surface area contributed by atoms with Gasteiger partial charge in [0.15, 0.2) is 11.5 Å². The lowest BCUT2D eigenvalue weighted by atomic mass is 10.1. The van der Waals surface area contributed by atoms with Gasteiger partial charge in [0.05, 0.1) is 39.0 Å². The first kappa shape index (κ1) is 27.8. The number of carbonyl (C=O) groups is 1. The maximum atomic E-state index is 12.8. The number of imidazole rings is 1. The Kier molecular flexibility index (Phi) is 9.31. The number of carbonyl (C=O) groups excluding carboxylic acids is 1. The van der Waals surface area contributed by atoms with Gasteiger partial charge in [-0.05, 0) is 62.6 Å². The van der Waals surface area contributed by atoms with E-state index in [4.69, 9.17) is 23.9 Å². The standard InChI is InChI=1S/C31H37N3O5/c1-21-13-14-26(22(2)18-21)39-17-9-16-34-25-11-7-6-10-24(25)33-29(34)12-8-15-32-31(35)23-19-27(36-3)30(38-5)28(20-23)37-4/h6-7,10-11,13-14,18-20H,8-9,12,15-17H2,1-5H3,(H,32,35). The molecule has 8 nitrogen and oxygen atoms in total. The highest BCUT2D eigenvalue weighted by Crippen LogP contribution is 2.38. The number of nitrogens with zero attached hydrogens (tertiary/aromatic N) is 2. The van der Waals surface area contributed by atoms with Crippen molar-refractivity contribution < 1.29 is 23.7 Å². The number of benzene rings is 3. The molecule has 0 saturated heterocycles. The zero-order valence-electron chi connectivity index (χ0n) is 23.4. The highest BCUT2D eigenvalue weighted by atomic mass is 16.5. The van der Waals surface area contributed by atoms with Gasteiger partial charge >= 0.3 is 0 Å². The van der Waals surface area contributed by atoms with Gasteiger partial charge in [0.1, 0.15) is 11.6 Å². The molecule has 1 N–H and O–H groups in total. The molecule has 0 fully saturated rings. The quantitative estimate of drug-likeness (QED) is 0.229. The van der Waals surface area contributed by atoms with Crippen molar-refractivity contribution in [2.75, 3.05) is 34.5 Å². The van der Waals surface area contributed by atoms with Crippen LogP contribution in [0.3, 0.4) is 0 Å². The number of ether oxygens (including phenoxy) is 4. The summed E-state index contributed by atoms with van der Waals surface area (Å²) in [5.74, 6) is 3.07. The molecule has 8 heteroatoms. The topological polar surface area (TPSA) is 83.8 Å². The third-order valence-corrected chi connectivity index (χ3v) is 6.64. The van der Waals surface area contributed by atoms with E-state index in [9.17, 15) is 4.79 Å². The maximum absolute atomic E-state index is 12.8. The third-order valence-electron chi connectivity index (χ3n) is 6.64. The second-order valence-corrected chi connectivity index (χ2v) is 9.41. The summed E-state index contributed by atoms with van der Waals surface area (Å²) in [4.78, 5) is 17.7. The molecule has 0 aliphatic heterocycles. The summed E-state index contributed by atoms with van der Waals surface area (Å²) in [5, 5.41) is 2.99. The number of methoxy groups -OCH3 is 3. The Labute approximate surface area is 229 Å². The summed E-state index contributed by atoms with van der Waals surface area (Å²) in [6.07, 6.45) is 2.35. The van der Waals surface area contributed by atoms with Crippen molar-refractivity contribution in [3.8, 4) is 23.0 Å². The summed E-state index contributed by atoms with van der Waals surface area (Å²) in [7, 11) is 4.59. The van der Waals surface area contributed by atoms with E-state index in [1.807, 2.05) is 24.3 Å². The van der Waals surface area contributed by atoms with Gasteiger partial charge in [0, 0.05) is 25.1 Å². The molecule has 0 radical (unpaired) electrons. The fourth-order valence-corrected chi connectivity index (χ4v) is 4.69. The van der Waals surface area contributed by atoms with Crippen molar-refractivity contribution in [1.82, 2.24) is 14.9 Å². The number of nitrogens with one attached hydrogen (secondary N) is 1. The van der Waals surface area contributed by atoms with Crippen LogP contribution < -0.4 is 24.3 Å². The molecule has 0 saturated carbocycles. The van der Waals surface area contributed by atoms with E-state index < -0.39 is 0 Å². The van der Waals surface area contributed by atoms with Crippen LogP contribution in [0.5, 0.6) is 23.0 Å². The molecule has 3 aromatic carbocycles. The van der Waals surface area contributed by atoms with Gasteiger partial charge in [0.2, 0.25) is 5.75 Å². The van der Waals surface area contributed by atoms with E-state index in [1.165, 1.54) is 26.9 Å². The Morgan fingerprint density at radius 2 is 1.64 bits per heavy atom. The SMILES string of the molecule is COc1cc(C(=O)NCCCc2nc3ccccc3n2CCCOc2ccc(C)cc2C)cc(OC)c1OC. The monoisotopic (exact) mass is 531 g/mol. The van der Waals surface area contributed by atoms with Crippen LogP contribution >= 0.6 is 0 Å². The molecule has 0 atom stereocenters. The van der Waals surface area contributed by atoms with Gasteiger partial charge in [0.25, 0.3) is 5.91 Å². The van der Waals surface area contributed by atoms with Crippen LogP contribution in [0.15, 0.2) is 54.6 Å². The van der Waals surface area contributed by atoms with Crippen molar-refractivity contribution in [2.45, 2.75) is 39.7 Å². The summed E-state index contributed by atoms with van der Waals surface area (Å²) >= 11 is 0. The molecule has 0 aliphatic rings. The number of fused-ring (bicyclic) bond motifs is 1. The first-order valence-electron chi connectivity index (χ1n) is 13.2. The molecule has 206 valence electrons. The summed E-state index contributed by atoms with van der Waals surface area (Å²) in [5.41, 5.74) is 4.91. The van der Waals surface area contributed by atoms with Gasteiger partial charge in [-0.3, -0.25) is 4.79 Å². The molecule has 4 aromatic rings. The zero-order valence-corrected chi connectivity index (χ0v) is 23.4. The molecule has 1 heterocycles. The van der Waals surface area contributed by atoms with E-state index in [0.29, 0.717) is 36.0 Å². The van der Waals surface area contributed by atoms with E-state index in [-0.39, 0.29) is 5.91 Å². The lowest BCUT2D eigenvalue weighted by Gasteiger charge is -2.14. The Hall–Kier alpha value is -4.20. The fraction of sp³-hybridized carbons (Fsp3) is 0.355. The minimum Gasteiger partial charge on any atom is -0.493 e. The molecule has 0 unspecified atom stereocenters. The Morgan fingerprint density at radius 3 is 2.33 bits per heavy atom. The molecular formula is C31H37N3O5. The third kappa shape index (κ3) is 6.63. The molecule has 0 aliphatic carbocycles. The number of para-hydroxylation sites is 2. The van der Waals surface area contributed by atoms with Crippen LogP contribution in [0, 0.1) is 13.8 Å². The predicted molar refractivity (Wildman–Crippen MR) is 153 cm³/mol. The minimum absolute atomic E-state index is 0.202. The predicted octanol–water partition coefficient (Wildman–Crippen LogP) is 5.51. The van der Waals surface area contributed by atoms with E-state index in [1.54, 1.807) is 12.1 Å². The number of amides is 1. The second kappa shape index (κ2) is 13.0. The zero-order chi connectivity index (χ0) is 27.8. The van der Waals surface area contributed by atoms with E-state index >= 15 is 0 Å². The Morgan fingerprint density at radius 1 is 0.897 bits per heavy atom. The lowest BCUT2D eigenvalue weighted by molar-refractivity contribution is 0.0952. The molecule has 0 spiro atoms. The number of aryl methyl sites for hydroxylation is 4. The van der Waals surface area contributed by atoms with Crippen molar-refractivity contribution >= 4 is 16.9 Å². The van der Waals surface area contributed by atoms with Gasteiger partial charge < -0.3 is 28.8 Å². The maximum Gasteiger partial charge on any atom is 0.251 e. The summed E-state index contributed by atoms with van der Waals surface area (Å²) < 4.78 is 24.4. The molecule has 0 bridgehead atoms. The van der Waals surface area contributed by atoms with E-state index in [0.717, 1.165) is 54.0 Å². The highest BCUT2D eigenvalue weighted by Gasteiger charge is 2.17. The van der Waals surface area contributed by atoms with Crippen LogP contribution in [0.25, 0.3) is 11.0 Å². The van der Waals surface area contributed by atoms with Crippen LogP contribution in [0.2, 0.25) is 0 Å². The van der Waals surface area contributed by atoms with Crippen LogP contribution in [0.1, 0.15) is 40.2 Å². The largest absolute Gasteiger partial charge is 0.493 e. The van der Waals surface area contributed by atoms with Gasteiger partial charge in [-0.2, -0.15) is 0 Å². The van der Waals surface area contributed by atoms with Gasteiger partial charge in [-0.1, -0.05) is 29.8 Å². The van der Waals surface area contributed by atoms with E-state index in [2.05, 4.69) is 41.9 Å². The number of hydrogen-bond donors (Lipinski definition) is 1. The summed E-state index contributed by atoms with van der Waals surface area (Å²) in [6, 6.07) is 17.7. The smallest absolute Gasteiger partial charge is 0.251 e. The number of hydrogen-bond acceptors (Lipinski definition) is 6. The second-order valence-electron chi connectivity index (χ2n) is 9.41. The fourth-order valence-electron chi connectivity index (χ4n) is 4.69. The Balaban J connectivity index is 1.35. The number of rotatable bonds is 13. The van der Waals surface area contributed by atoms with Crippen LogP contribution in [-0.4, -0.2) is 49.9 Å². The molecule has 1 amide bonds. The first-order valence-corrected chi connectivity index (χ1v) is 13.2. The Bertz CT molecular complexity index is 1400. The first-order chi connectivity index (χ1) is 18.9. The van der Waals surface area contributed by atoms with Gasteiger partial charge in [-0.15, -0.1) is 0 Å². The average molecular weight is 532 g/mol. The van der Waals surface area contributed by atoms with Gasteiger partial charge in [-0.25, -0.2) is 4.98 Å². The van der Waals surface area contributed by atoms with Crippen molar-refractivity contribution in [1.29, 1.82) is 0 Å². The van der Waals surface area contributed by atoms with Crippen LogP contribution in [-0.2, 0) is 13.0 Å². The molecule has 1 aromatic heterocycles. The minimum atomic E-state index is -0.202. The van der Waals surface area contributed by atoms with Crippen LogP contribution in [0.4, 0.5) is 0 Å². The van der Waals surface area contributed by atoms with Crippen molar-refractivity contribution in [2.24, 2.45) is 0 Å². The lowest BCUT2D eigenvalue weighted by Crippen LogP contribution is -2.25. The number of aromatic nitrogens is 2. The summed E-state index contributed by atoms with van der Waals surface area (Å²) in [6.45, 7) is 6.10. The normalized spacial score (nSPS) is 10.9. The highest BCUT2D eigenvalue weighted by molar-refractivity contribution is 5.95. The molecule has 39 heavy (non-hydrogen) atoms. The molecule has 4 rings (SSSR count). The van der Waals surface area contributed by atoms with Crippen molar-refractivity contribution in [3.63, 3.8) is 0 Å². The average Bonchev–Trinajstić information content (AvgIpc) is 3.30. The van der Waals surface area contributed by atoms with Crippen molar-refractivity contribution in [3.05, 3.63) is 77.1 Å².